The molecule has 0 saturated carbocycles. The lowest BCUT2D eigenvalue weighted by atomic mass is 10.1. The molecular weight excluding hydrogens is 324 g/mol. The lowest BCUT2D eigenvalue weighted by molar-refractivity contribution is -0.146. The van der Waals surface area contributed by atoms with Crippen molar-refractivity contribution in [3.63, 3.8) is 0 Å². The van der Waals surface area contributed by atoms with E-state index in [2.05, 4.69) is 10.3 Å². The Bertz CT molecular complexity index is 710. The number of benzene rings is 1. The molecule has 1 atom stereocenters. The van der Waals surface area contributed by atoms with Crippen molar-refractivity contribution in [1.29, 1.82) is 0 Å². The van der Waals surface area contributed by atoms with E-state index in [1.54, 1.807) is 19.2 Å². The van der Waals surface area contributed by atoms with Crippen LogP contribution in [0.1, 0.15) is 22.4 Å². The van der Waals surface area contributed by atoms with Crippen molar-refractivity contribution in [1.82, 2.24) is 10.3 Å². The molecule has 0 aliphatic carbocycles. The zero-order valence-electron chi connectivity index (χ0n) is 13.7. The molecule has 0 saturated heterocycles. The molecule has 2 rings (SSSR count). The fourth-order valence-electron chi connectivity index (χ4n) is 2.12. The predicted octanol–water partition coefficient (Wildman–Crippen LogP) is 2.76. The third-order valence-corrected chi connectivity index (χ3v) is 4.09. The highest BCUT2D eigenvalue weighted by molar-refractivity contribution is 7.12. The van der Waals surface area contributed by atoms with Crippen LogP contribution in [0.2, 0.25) is 0 Å². The number of nitrogens with zero attached hydrogens (tertiary/aromatic N) is 1. The summed E-state index contributed by atoms with van der Waals surface area (Å²) in [6.07, 6.45) is 5.18. The van der Waals surface area contributed by atoms with Gasteiger partial charge in [-0.3, -0.25) is 4.79 Å². The van der Waals surface area contributed by atoms with Crippen molar-refractivity contribution in [2.45, 2.75) is 26.3 Å². The third-order valence-electron chi connectivity index (χ3n) is 3.21. The summed E-state index contributed by atoms with van der Waals surface area (Å²) in [5, 5.41) is 3.64. The highest BCUT2D eigenvalue weighted by Crippen LogP contribution is 2.13. The van der Waals surface area contributed by atoms with Crippen LogP contribution >= 0.6 is 11.3 Å². The summed E-state index contributed by atoms with van der Waals surface area (Å²) in [5.74, 6) is -0.772. The Morgan fingerprint density at radius 2 is 2.08 bits per heavy atom. The number of hydrogen-bond acceptors (Lipinski definition) is 5. The van der Waals surface area contributed by atoms with E-state index < -0.39 is 12.0 Å². The zero-order valence-corrected chi connectivity index (χ0v) is 14.5. The molecule has 0 aliphatic heterocycles. The molecule has 1 heterocycles. The summed E-state index contributed by atoms with van der Waals surface area (Å²) in [5.41, 5.74) is 0.956. The van der Waals surface area contributed by atoms with Gasteiger partial charge >= 0.3 is 5.97 Å². The van der Waals surface area contributed by atoms with Crippen molar-refractivity contribution in [2.24, 2.45) is 0 Å². The molecule has 126 valence electrons. The second-order valence-corrected chi connectivity index (χ2v) is 6.38. The molecule has 1 unspecified atom stereocenters. The molecule has 1 amide bonds. The number of aryl methyl sites for hydroxylation is 1. The van der Waals surface area contributed by atoms with E-state index in [0.717, 1.165) is 15.4 Å². The Hall–Kier alpha value is -2.47. The van der Waals surface area contributed by atoms with E-state index in [4.69, 9.17) is 4.74 Å². The van der Waals surface area contributed by atoms with Crippen molar-refractivity contribution < 1.29 is 14.3 Å². The number of ether oxygens (including phenoxy) is 1. The number of aromatic nitrogens is 1. The van der Waals surface area contributed by atoms with Gasteiger partial charge in [0.05, 0.1) is 11.6 Å². The van der Waals surface area contributed by atoms with Crippen molar-refractivity contribution in [3.8, 4) is 0 Å². The van der Waals surface area contributed by atoms with Gasteiger partial charge in [-0.15, -0.1) is 11.3 Å². The van der Waals surface area contributed by atoms with Crippen LogP contribution in [0, 0.1) is 6.92 Å². The largest absolute Gasteiger partial charge is 0.464 e. The molecule has 0 spiro atoms. The molecule has 24 heavy (non-hydrogen) atoms. The van der Waals surface area contributed by atoms with Crippen LogP contribution < -0.4 is 5.32 Å². The second kappa shape index (κ2) is 8.98. The van der Waals surface area contributed by atoms with E-state index in [9.17, 15) is 9.59 Å². The fourth-order valence-corrected chi connectivity index (χ4v) is 2.81. The molecule has 0 aliphatic rings. The highest BCUT2D eigenvalue weighted by Gasteiger charge is 2.21. The minimum atomic E-state index is -0.715. The number of esters is 1. The number of amides is 1. The van der Waals surface area contributed by atoms with Gasteiger partial charge in [0.2, 0.25) is 5.91 Å². The summed E-state index contributed by atoms with van der Waals surface area (Å²) in [4.78, 5) is 29.2. The molecule has 1 aromatic heterocycles. The first kappa shape index (κ1) is 17.9. The van der Waals surface area contributed by atoms with E-state index in [1.165, 1.54) is 17.4 Å². The predicted molar refractivity (Wildman–Crippen MR) is 94.6 cm³/mol. The monoisotopic (exact) mass is 344 g/mol. The normalized spacial score (nSPS) is 12.1. The van der Waals surface area contributed by atoms with Gasteiger partial charge < -0.3 is 10.1 Å². The van der Waals surface area contributed by atoms with Crippen molar-refractivity contribution in [2.75, 3.05) is 6.61 Å². The molecule has 0 fully saturated rings. The Kier molecular flexibility index (Phi) is 6.69. The molecule has 2 aromatic rings. The van der Waals surface area contributed by atoms with Gasteiger partial charge in [0, 0.05) is 23.6 Å². The van der Waals surface area contributed by atoms with Gasteiger partial charge in [-0.05, 0) is 25.5 Å². The fraction of sp³-hybridized carbons (Fsp3) is 0.278. The molecule has 1 N–H and O–H groups in total. The molecule has 0 bridgehead atoms. The van der Waals surface area contributed by atoms with Gasteiger partial charge in [0.25, 0.3) is 0 Å². The van der Waals surface area contributed by atoms with Gasteiger partial charge in [-0.25, -0.2) is 9.78 Å². The first-order chi connectivity index (χ1) is 11.6. The van der Waals surface area contributed by atoms with E-state index in [1.807, 2.05) is 37.3 Å². The number of nitrogens with one attached hydrogen (secondary N) is 1. The third kappa shape index (κ3) is 5.62. The first-order valence-electron chi connectivity index (χ1n) is 7.70. The van der Waals surface area contributed by atoms with Crippen LogP contribution in [0.4, 0.5) is 0 Å². The molecule has 1 aromatic carbocycles. The molecule has 0 radical (unpaired) electrons. The Labute approximate surface area is 145 Å². The summed E-state index contributed by atoms with van der Waals surface area (Å²) < 4.78 is 5.06. The maximum atomic E-state index is 12.1. The van der Waals surface area contributed by atoms with Gasteiger partial charge in [-0.1, -0.05) is 30.3 Å². The molecule has 5 nitrogen and oxygen atoms in total. The van der Waals surface area contributed by atoms with E-state index in [0.29, 0.717) is 6.42 Å². The first-order valence-corrected chi connectivity index (χ1v) is 8.51. The maximum absolute atomic E-state index is 12.1. The van der Waals surface area contributed by atoms with Crippen molar-refractivity contribution >= 4 is 29.3 Å². The highest BCUT2D eigenvalue weighted by atomic mass is 32.1. The van der Waals surface area contributed by atoms with Gasteiger partial charge in [-0.2, -0.15) is 0 Å². The zero-order chi connectivity index (χ0) is 17.4. The number of hydrogen-bond donors (Lipinski definition) is 1. The Morgan fingerprint density at radius 1 is 1.33 bits per heavy atom. The summed E-state index contributed by atoms with van der Waals surface area (Å²) >= 11 is 1.50. The number of rotatable bonds is 7. The van der Waals surface area contributed by atoms with Crippen LogP contribution in [0.25, 0.3) is 6.08 Å². The van der Waals surface area contributed by atoms with Crippen LogP contribution in [0.5, 0.6) is 0 Å². The van der Waals surface area contributed by atoms with Crippen LogP contribution in [0.3, 0.4) is 0 Å². The topological polar surface area (TPSA) is 68.3 Å². The van der Waals surface area contributed by atoms with Crippen LogP contribution in [-0.4, -0.2) is 29.5 Å². The smallest absolute Gasteiger partial charge is 0.328 e. The van der Waals surface area contributed by atoms with Gasteiger partial charge in [0.15, 0.2) is 0 Å². The quantitative estimate of drug-likeness (QED) is 0.619. The Morgan fingerprint density at radius 3 is 2.71 bits per heavy atom. The molecule has 6 heteroatoms. The number of carbonyl (C=O) groups excluding carboxylic acids is 2. The second-order valence-electron chi connectivity index (χ2n) is 5.12. The minimum Gasteiger partial charge on any atom is -0.464 e. The van der Waals surface area contributed by atoms with Crippen molar-refractivity contribution in [3.05, 3.63) is 58.1 Å². The Balaban J connectivity index is 2.02. The van der Waals surface area contributed by atoms with Gasteiger partial charge in [0.1, 0.15) is 6.04 Å². The summed E-state index contributed by atoms with van der Waals surface area (Å²) in [6, 6.07) is 8.80. The minimum absolute atomic E-state index is 0.274. The average molecular weight is 344 g/mol. The van der Waals surface area contributed by atoms with E-state index >= 15 is 0 Å². The van der Waals surface area contributed by atoms with Crippen LogP contribution in [-0.2, 0) is 20.7 Å². The average Bonchev–Trinajstić information content (AvgIpc) is 2.99. The lowest BCUT2D eigenvalue weighted by Crippen LogP contribution is -2.42. The lowest BCUT2D eigenvalue weighted by Gasteiger charge is -2.16. The number of carbonyl (C=O) groups is 2. The molecular formula is C18H20N2O3S. The maximum Gasteiger partial charge on any atom is 0.328 e. The SMILES string of the molecule is CCOC(=O)C(Cc1ccccc1)NC(=O)/C=C/c1cnc(C)s1. The standard InChI is InChI=1S/C18H20N2O3S/c1-3-23-18(22)16(11-14-7-5-4-6-8-14)20-17(21)10-9-15-12-19-13(2)24-15/h4-10,12,16H,3,11H2,1-2H3,(H,20,21)/b10-9+. The summed E-state index contributed by atoms with van der Waals surface area (Å²) in [6.45, 7) is 3.92. The van der Waals surface area contributed by atoms with Crippen LogP contribution in [0.15, 0.2) is 42.6 Å². The van der Waals surface area contributed by atoms with E-state index in [-0.39, 0.29) is 12.5 Å². The number of thiazole rings is 1. The summed E-state index contributed by atoms with van der Waals surface area (Å²) in [7, 11) is 0.